The van der Waals surface area contributed by atoms with Crippen LogP contribution in [0.15, 0.2) is 84.9 Å². The molecule has 5 nitrogen and oxygen atoms in total. The van der Waals surface area contributed by atoms with E-state index in [2.05, 4.69) is 28.8 Å². The summed E-state index contributed by atoms with van der Waals surface area (Å²) < 4.78 is 7.26. The highest BCUT2D eigenvalue weighted by atomic mass is 16.5. The Balaban J connectivity index is 1.62. The molecule has 28 heavy (non-hydrogen) atoms. The standard InChI is InChI=1S/C23H17NO4/c25-22(26)13-14-23(27)28-15-16-9-11-17(12-10-16)24-20-7-3-1-5-18(20)19-6-2-4-8-21(19)24/h1-14H,15H2,(H,25,26). The molecule has 0 radical (unpaired) electrons. The quantitative estimate of drug-likeness (QED) is 0.415. The van der Waals surface area contributed by atoms with E-state index >= 15 is 0 Å². The van der Waals surface area contributed by atoms with Crippen molar-refractivity contribution in [3.05, 3.63) is 90.5 Å². The van der Waals surface area contributed by atoms with E-state index in [0.717, 1.165) is 34.4 Å². The number of fused-ring (bicyclic) bond motifs is 3. The van der Waals surface area contributed by atoms with E-state index < -0.39 is 11.9 Å². The topological polar surface area (TPSA) is 68.5 Å². The minimum Gasteiger partial charge on any atom is -0.478 e. The molecule has 1 aromatic heterocycles. The Bertz CT molecular complexity index is 1150. The molecule has 0 spiro atoms. The molecule has 0 saturated carbocycles. The number of aliphatic carboxylic acids is 1. The summed E-state index contributed by atoms with van der Waals surface area (Å²) in [4.78, 5) is 21.9. The Morgan fingerprint density at radius 3 is 1.96 bits per heavy atom. The van der Waals surface area contributed by atoms with Crippen molar-refractivity contribution >= 4 is 33.7 Å². The molecule has 5 heteroatoms. The maximum atomic E-state index is 11.5. The maximum Gasteiger partial charge on any atom is 0.331 e. The summed E-state index contributed by atoms with van der Waals surface area (Å²) >= 11 is 0. The van der Waals surface area contributed by atoms with Gasteiger partial charge in [0, 0.05) is 28.6 Å². The van der Waals surface area contributed by atoms with Gasteiger partial charge in [0.25, 0.3) is 0 Å². The molecule has 138 valence electrons. The lowest BCUT2D eigenvalue weighted by molar-refractivity contribution is -0.139. The summed E-state index contributed by atoms with van der Waals surface area (Å²) in [7, 11) is 0. The van der Waals surface area contributed by atoms with Crippen molar-refractivity contribution in [3.8, 4) is 5.69 Å². The molecule has 0 saturated heterocycles. The van der Waals surface area contributed by atoms with Crippen LogP contribution in [0.4, 0.5) is 0 Å². The van der Waals surface area contributed by atoms with Crippen LogP contribution in [0.2, 0.25) is 0 Å². The predicted octanol–water partition coefficient (Wildman–Crippen LogP) is 4.47. The number of carboxylic acids is 1. The normalized spacial score (nSPS) is 11.3. The lowest BCUT2D eigenvalue weighted by Gasteiger charge is -2.09. The van der Waals surface area contributed by atoms with Crippen LogP contribution in [-0.4, -0.2) is 21.6 Å². The van der Waals surface area contributed by atoms with E-state index in [-0.39, 0.29) is 6.61 Å². The number of para-hydroxylation sites is 2. The molecule has 0 fully saturated rings. The first-order valence-electron chi connectivity index (χ1n) is 8.79. The summed E-state index contributed by atoms with van der Waals surface area (Å²) in [6, 6.07) is 24.3. The van der Waals surface area contributed by atoms with Gasteiger partial charge in [0.05, 0.1) is 11.0 Å². The Labute approximate surface area is 161 Å². The van der Waals surface area contributed by atoms with Gasteiger partial charge in [0.15, 0.2) is 0 Å². The van der Waals surface area contributed by atoms with Crippen LogP contribution in [0, 0.1) is 0 Å². The number of carbonyl (C=O) groups excluding carboxylic acids is 1. The van der Waals surface area contributed by atoms with Crippen molar-refractivity contribution in [2.45, 2.75) is 6.61 Å². The molecule has 0 aliphatic heterocycles. The second kappa shape index (κ2) is 7.40. The van der Waals surface area contributed by atoms with E-state index in [0.29, 0.717) is 0 Å². The van der Waals surface area contributed by atoms with E-state index in [1.54, 1.807) is 0 Å². The van der Waals surface area contributed by atoms with Crippen LogP contribution in [0.25, 0.3) is 27.5 Å². The smallest absolute Gasteiger partial charge is 0.331 e. The highest BCUT2D eigenvalue weighted by Crippen LogP contribution is 2.31. The predicted molar refractivity (Wildman–Crippen MR) is 107 cm³/mol. The molecule has 4 aromatic rings. The molecular weight excluding hydrogens is 354 g/mol. The zero-order valence-electron chi connectivity index (χ0n) is 14.9. The van der Waals surface area contributed by atoms with Crippen molar-refractivity contribution in [3.63, 3.8) is 0 Å². The fourth-order valence-corrected chi connectivity index (χ4v) is 3.28. The van der Waals surface area contributed by atoms with Gasteiger partial charge in [-0.25, -0.2) is 9.59 Å². The van der Waals surface area contributed by atoms with E-state index in [1.807, 2.05) is 48.5 Å². The number of carboxylic acid groups (broad SMARTS) is 1. The lowest BCUT2D eigenvalue weighted by atomic mass is 10.2. The molecule has 1 heterocycles. The molecule has 4 rings (SSSR count). The van der Waals surface area contributed by atoms with E-state index in [1.165, 1.54) is 10.8 Å². The van der Waals surface area contributed by atoms with Crippen LogP contribution < -0.4 is 0 Å². The van der Waals surface area contributed by atoms with Gasteiger partial charge < -0.3 is 14.4 Å². The first-order chi connectivity index (χ1) is 13.6. The maximum absolute atomic E-state index is 11.5. The highest BCUT2D eigenvalue weighted by molar-refractivity contribution is 6.09. The van der Waals surface area contributed by atoms with Crippen molar-refractivity contribution in [2.24, 2.45) is 0 Å². The first-order valence-corrected chi connectivity index (χ1v) is 8.79. The molecule has 0 aliphatic carbocycles. The summed E-state index contributed by atoms with van der Waals surface area (Å²) in [5.74, 6) is -1.87. The number of esters is 1. The van der Waals surface area contributed by atoms with Crippen LogP contribution in [0.3, 0.4) is 0 Å². The second-order valence-corrected chi connectivity index (χ2v) is 6.32. The second-order valence-electron chi connectivity index (χ2n) is 6.32. The molecule has 0 amide bonds. The fraction of sp³-hybridized carbons (Fsp3) is 0.0435. The minimum atomic E-state index is -1.19. The summed E-state index contributed by atoms with van der Waals surface area (Å²) in [5.41, 5.74) is 4.09. The zero-order chi connectivity index (χ0) is 19.5. The third-order valence-electron chi connectivity index (χ3n) is 4.52. The SMILES string of the molecule is O=C(O)C=CC(=O)OCc1ccc(-n2c3ccccc3c3ccccc32)cc1. The van der Waals surface area contributed by atoms with Crippen LogP contribution >= 0.6 is 0 Å². The molecule has 1 N–H and O–H groups in total. The monoisotopic (exact) mass is 371 g/mol. The van der Waals surface area contributed by atoms with Gasteiger partial charge >= 0.3 is 11.9 Å². The van der Waals surface area contributed by atoms with Gasteiger partial charge in [-0.15, -0.1) is 0 Å². The molecule has 0 atom stereocenters. The molecule has 3 aromatic carbocycles. The van der Waals surface area contributed by atoms with Crippen LogP contribution in [0.1, 0.15) is 5.56 Å². The summed E-state index contributed by atoms with van der Waals surface area (Å²) in [6.45, 7) is 0.0796. The van der Waals surface area contributed by atoms with Gasteiger partial charge in [-0.1, -0.05) is 48.5 Å². The van der Waals surface area contributed by atoms with Gasteiger partial charge in [-0.2, -0.15) is 0 Å². The number of hydrogen-bond acceptors (Lipinski definition) is 3. The van der Waals surface area contributed by atoms with Crippen LogP contribution in [0.5, 0.6) is 0 Å². The highest BCUT2D eigenvalue weighted by Gasteiger charge is 2.11. The average Bonchev–Trinajstić information content (AvgIpc) is 3.06. The van der Waals surface area contributed by atoms with E-state index in [9.17, 15) is 9.59 Å². The zero-order valence-corrected chi connectivity index (χ0v) is 14.9. The lowest BCUT2D eigenvalue weighted by Crippen LogP contribution is -2.02. The van der Waals surface area contributed by atoms with Gasteiger partial charge in [0.2, 0.25) is 0 Å². The first kappa shape index (κ1) is 17.5. The number of benzene rings is 3. The van der Waals surface area contributed by atoms with Gasteiger partial charge in [-0.05, 0) is 29.8 Å². The van der Waals surface area contributed by atoms with Crippen molar-refractivity contribution < 1.29 is 19.4 Å². The van der Waals surface area contributed by atoms with Crippen molar-refractivity contribution in [2.75, 3.05) is 0 Å². The number of carbonyl (C=O) groups is 2. The molecule has 0 unspecified atom stereocenters. The number of aromatic nitrogens is 1. The van der Waals surface area contributed by atoms with Crippen molar-refractivity contribution in [1.29, 1.82) is 0 Å². The fourth-order valence-electron chi connectivity index (χ4n) is 3.28. The Hall–Kier alpha value is -3.86. The number of hydrogen-bond donors (Lipinski definition) is 1. The minimum absolute atomic E-state index is 0.0796. The van der Waals surface area contributed by atoms with Gasteiger partial charge in [0.1, 0.15) is 6.61 Å². The Morgan fingerprint density at radius 2 is 1.39 bits per heavy atom. The number of nitrogens with zero attached hydrogens (tertiary/aromatic N) is 1. The summed E-state index contributed by atoms with van der Waals surface area (Å²) in [6.07, 6.45) is 1.66. The molecular formula is C23H17NO4. The third kappa shape index (κ3) is 3.38. The van der Waals surface area contributed by atoms with Crippen LogP contribution in [-0.2, 0) is 20.9 Å². The number of rotatable bonds is 5. The van der Waals surface area contributed by atoms with E-state index in [4.69, 9.17) is 9.84 Å². The third-order valence-corrected chi connectivity index (χ3v) is 4.52. The number of ether oxygens (including phenoxy) is 1. The summed E-state index contributed by atoms with van der Waals surface area (Å²) in [5, 5.41) is 10.9. The molecule has 0 aliphatic rings. The van der Waals surface area contributed by atoms with Crippen molar-refractivity contribution in [1.82, 2.24) is 4.57 Å². The Kier molecular flexibility index (Phi) is 4.64. The largest absolute Gasteiger partial charge is 0.478 e. The van der Waals surface area contributed by atoms with Gasteiger partial charge in [-0.3, -0.25) is 0 Å². The Morgan fingerprint density at radius 1 is 0.821 bits per heavy atom. The average molecular weight is 371 g/mol. The molecule has 0 bridgehead atoms.